The summed E-state index contributed by atoms with van der Waals surface area (Å²) in [7, 11) is 1.58. The molecule has 30 heavy (non-hydrogen) atoms. The lowest BCUT2D eigenvalue weighted by Crippen LogP contribution is -2.30. The third-order valence-corrected chi connectivity index (χ3v) is 5.83. The normalized spacial score (nSPS) is 21.7. The van der Waals surface area contributed by atoms with Gasteiger partial charge in [-0.2, -0.15) is 5.10 Å². The van der Waals surface area contributed by atoms with Crippen molar-refractivity contribution in [1.82, 2.24) is 24.9 Å². The quantitative estimate of drug-likeness (QED) is 0.663. The number of fused-ring (bicyclic) bond motifs is 1. The van der Waals surface area contributed by atoms with Crippen LogP contribution in [0.3, 0.4) is 0 Å². The first-order chi connectivity index (χ1) is 14.5. The number of methoxy groups -OCH3 is 1. The van der Waals surface area contributed by atoms with Crippen molar-refractivity contribution in [3.05, 3.63) is 35.7 Å². The van der Waals surface area contributed by atoms with Crippen LogP contribution < -0.4 is 15.4 Å². The van der Waals surface area contributed by atoms with E-state index in [9.17, 15) is 13.2 Å². The van der Waals surface area contributed by atoms with Crippen LogP contribution in [0.15, 0.2) is 18.3 Å². The number of aromatic nitrogens is 4. The molecular weight excluding hydrogens is 397 g/mol. The largest absolute Gasteiger partial charge is 0.495 e. The summed E-state index contributed by atoms with van der Waals surface area (Å²) in [5, 5.41) is 10.3. The minimum atomic E-state index is -1.19. The Morgan fingerprint density at radius 1 is 1.20 bits per heavy atom. The fourth-order valence-corrected chi connectivity index (χ4v) is 3.91. The standard InChI is InChI=1S/C20H21F3N6O/c1-30-16-6-17-25-9-15(29(17)28-18(16)10-3-2-4-10)19-11(21)5-12(22)20(27-19)26-14-8-24-7-13(14)23/h5-6,9-10,13-14,24H,2-4,7-8H2,1H3,(H,26,27)/t13-,14-/m1/s1. The molecule has 2 N–H and O–H groups in total. The second-order valence-electron chi connectivity index (χ2n) is 7.71. The summed E-state index contributed by atoms with van der Waals surface area (Å²) < 4.78 is 49.9. The molecule has 0 amide bonds. The molecule has 2 atom stereocenters. The molecule has 4 heterocycles. The summed E-state index contributed by atoms with van der Waals surface area (Å²) in [6, 6.07) is 1.86. The minimum absolute atomic E-state index is 0.106. The van der Waals surface area contributed by atoms with E-state index in [0.717, 1.165) is 31.0 Å². The van der Waals surface area contributed by atoms with Crippen LogP contribution in [0.5, 0.6) is 5.75 Å². The topological polar surface area (TPSA) is 76.4 Å². The summed E-state index contributed by atoms with van der Waals surface area (Å²) in [5.41, 5.74) is 1.43. The molecule has 0 unspecified atom stereocenters. The first-order valence-electron chi connectivity index (χ1n) is 9.95. The highest BCUT2D eigenvalue weighted by Gasteiger charge is 2.29. The second-order valence-corrected chi connectivity index (χ2v) is 7.71. The molecule has 3 aromatic rings. The van der Waals surface area contributed by atoms with Gasteiger partial charge in [0.05, 0.1) is 19.3 Å². The molecule has 0 aromatic carbocycles. The number of nitrogens with one attached hydrogen (secondary N) is 2. The van der Waals surface area contributed by atoms with Crippen LogP contribution in [-0.4, -0.2) is 52.0 Å². The molecule has 1 saturated heterocycles. The molecule has 0 bridgehead atoms. The molecule has 0 spiro atoms. The fraction of sp³-hybridized carbons (Fsp3) is 0.450. The van der Waals surface area contributed by atoms with Crippen molar-refractivity contribution >= 4 is 11.5 Å². The summed E-state index contributed by atoms with van der Waals surface area (Å²) in [6.07, 6.45) is 3.40. The number of pyridine rings is 1. The molecule has 7 nitrogen and oxygen atoms in total. The third kappa shape index (κ3) is 3.15. The molecule has 1 aliphatic carbocycles. The number of hydrogen-bond acceptors (Lipinski definition) is 6. The molecule has 10 heteroatoms. The van der Waals surface area contributed by atoms with Crippen LogP contribution in [0.4, 0.5) is 19.0 Å². The summed E-state index contributed by atoms with van der Waals surface area (Å²) in [4.78, 5) is 8.41. The van der Waals surface area contributed by atoms with Gasteiger partial charge in [-0.05, 0) is 12.8 Å². The molecule has 2 fully saturated rings. The number of ether oxygens (including phenoxy) is 1. The van der Waals surface area contributed by atoms with E-state index in [2.05, 4.69) is 25.7 Å². The average molecular weight is 418 g/mol. The predicted molar refractivity (Wildman–Crippen MR) is 104 cm³/mol. The lowest BCUT2D eigenvalue weighted by Gasteiger charge is -2.26. The highest BCUT2D eigenvalue weighted by molar-refractivity contribution is 5.63. The zero-order chi connectivity index (χ0) is 20.8. The number of anilines is 1. The summed E-state index contributed by atoms with van der Waals surface area (Å²) in [6.45, 7) is 0.507. The van der Waals surface area contributed by atoms with E-state index in [1.165, 1.54) is 10.7 Å². The maximum absolute atomic E-state index is 14.7. The van der Waals surface area contributed by atoms with Crippen molar-refractivity contribution in [2.24, 2.45) is 0 Å². The highest BCUT2D eigenvalue weighted by Crippen LogP contribution is 2.40. The SMILES string of the molecule is COc1cc2ncc(-c3nc(N[C@@H]4CNC[C@H]4F)c(F)cc3F)n2nc1C1CCC1. The first kappa shape index (κ1) is 19.1. The highest BCUT2D eigenvalue weighted by atomic mass is 19.1. The van der Waals surface area contributed by atoms with Gasteiger partial charge in [0.2, 0.25) is 0 Å². The Morgan fingerprint density at radius 2 is 2.03 bits per heavy atom. The van der Waals surface area contributed by atoms with Gasteiger partial charge in [0.25, 0.3) is 0 Å². The van der Waals surface area contributed by atoms with Crippen molar-refractivity contribution in [2.45, 2.75) is 37.4 Å². The number of alkyl halides is 1. The number of rotatable bonds is 5. The van der Waals surface area contributed by atoms with E-state index in [-0.39, 0.29) is 29.7 Å². The lowest BCUT2D eigenvalue weighted by atomic mass is 9.82. The number of imidazole rings is 1. The summed E-state index contributed by atoms with van der Waals surface area (Å²) in [5.74, 6) is -1.01. The molecule has 158 valence electrons. The van der Waals surface area contributed by atoms with E-state index in [1.807, 2.05) is 0 Å². The van der Waals surface area contributed by atoms with Crippen molar-refractivity contribution < 1.29 is 17.9 Å². The molecule has 5 rings (SSSR count). The maximum atomic E-state index is 14.7. The maximum Gasteiger partial charge on any atom is 0.168 e. The Morgan fingerprint density at radius 3 is 2.70 bits per heavy atom. The number of nitrogens with zero attached hydrogens (tertiary/aromatic N) is 4. The van der Waals surface area contributed by atoms with Crippen LogP contribution in [-0.2, 0) is 0 Å². The van der Waals surface area contributed by atoms with E-state index >= 15 is 0 Å². The van der Waals surface area contributed by atoms with E-state index in [0.29, 0.717) is 17.9 Å². The number of hydrogen-bond donors (Lipinski definition) is 2. The zero-order valence-corrected chi connectivity index (χ0v) is 16.3. The first-order valence-corrected chi connectivity index (χ1v) is 9.95. The third-order valence-electron chi connectivity index (χ3n) is 5.83. The van der Waals surface area contributed by atoms with Gasteiger partial charge in [-0.3, -0.25) is 0 Å². The smallest absolute Gasteiger partial charge is 0.168 e. The van der Waals surface area contributed by atoms with Gasteiger partial charge < -0.3 is 15.4 Å². The van der Waals surface area contributed by atoms with Crippen molar-refractivity contribution in [2.75, 3.05) is 25.5 Å². The van der Waals surface area contributed by atoms with Crippen LogP contribution in [0, 0.1) is 11.6 Å². The summed E-state index contributed by atoms with van der Waals surface area (Å²) >= 11 is 0. The molecular formula is C20H21F3N6O. The minimum Gasteiger partial charge on any atom is -0.495 e. The van der Waals surface area contributed by atoms with E-state index in [4.69, 9.17) is 4.74 Å². The fourth-order valence-electron chi connectivity index (χ4n) is 3.91. The Balaban J connectivity index is 1.58. The monoisotopic (exact) mass is 418 g/mol. The van der Waals surface area contributed by atoms with E-state index in [1.54, 1.807) is 13.2 Å². The Labute approximate surface area is 170 Å². The van der Waals surface area contributed by atoms with Gasteiger partial charge in [0.1, 0.15) is 29.0 Å². The molecule has 1 saturated carbocycles. The Bertz CT molecular complexity index is 1100. The molecule has 1 aliphatic heterocycles. The van der Waals surface area contributed by atoms with Crippen molar-refractivity contribution in [3.63, 3.8) is 0 Å². The Hall–Kier alpha value is -2.88. The van der Waals surface area contributed by atoms with Crippen molar-refractivity contribution in [3.8, 4) is 17.1 Å². The van der Waals surface area contributed by atoms with Gasteiger partial charge in [0, 0.05) is 31.1 Å². The van der Waals surface area contributed by atoms with Gasteiger partial charge in [-0.1, -0.05) is 6.42 Å². The van der Waals surface area contributed by atoms with Gasteiger partial charge in [0.15, 0.2) is 23.1 Å². The van der Waals surface area contributed by atoms with Crippen LogP contribution in [0.2, 0.25) is 0 Å². The van der Waals surface area contributed by atoms with Gasteiger partial charge in [-0.15, -0.1) is 0 Å². The molecule has 0 radical (unpaired) electrons. The van der Waals surface area contributed by atoms with Crippen LogP contribution in [0.25, 0.3) is 17.0 Å². The molecule has 2 aliphatic rings. The van der Waals surface area contributed by atoms with Gasteiger partial charge in [-0.25, -0.2) is 27.7 Å². The molecule has 3 aromatic heterocycles. The van der Waals surface area contributed by atoms with Crippen LogP contribution >= 0.6 is 0 Å². The predicted octanol–water partition coefficient (Wildman–Crippen LogP) is 3.07. The Kier molecular flexibility index (Phi) is 4.73. The van der Waals surface area contributed by atoms with Crippen LogP contribution in [0.1, 0.15) is 30.9 Å². The average Bonchev–Trinajstić information content (AvgIpc) is 3.28. The van der Waals surface area contributed by atoms with Gasteiger partial charge >= 0.3 is 0 Å². The van der Waals surface area contributed by atoms with E-state index < -0.39 is 23.8 Å². The number of halogens is 3. The second kappa shape index (κ2) is 7.42. The van der Waals surface area contributed by atoms with Crippen molar-refractivity contribution in [1.29, 1.82) is 0 Å². The lowest BCUT2D eigenvalue weighted by molar-refractivity contribution is 0.341. The zero-order valence-electron chi connectivity index (χ0n) is 16.3.